The Labute approximate surface area is 165 Å². The molecule has 0 unspecified atom stereocenters. The Morgan fingerprint density at radius 2 is 1.75 bits per heavy atom. The van der Waals surface area contributed by atoms with E-state index in [4.69, 9.17) is 16.3 Å². The monoisotopic (exact) mass is 399 g/mol. The number of para-hydroxylation sites is 2. The van der Waals surface area contributed by atoms with Gasteiger partial charge in [0, 0.05) is 6.20 Å². The van der Waals surface area contributed by atoms with Crippen molar-refractivity contribution in [2.75, 3.05) is 17.2 Å². The zero-order chi connectivity index (χ0) is 19.9. The first-order valence-electron chi connectivity index (χ1n) is 8.22. The largest absolute Gasteiger partial charge is 0.483 e. The number of pyridine rings is 1. The molecule has 0 fully saturated rings. The fourth-order valence-electron chi connectivity index (χ4n) is 2.31. The van der Waals surface area contributed by atoms with Crippen LogP contribution in [0.15, 0.2) is 66.9 Å². The first kappa shape index (κ1) is 19.3. The molecule has 1 aromatic heterocycles. The second-order valence-electron chi connectivity index (χ2n) is 5.63. The number of anilines is 2. The molecule has 142 valence electrons. The SMILES string of the molecule is O=C(COc1ccccc1C(=O)Nc1ccc(Cl)cn1)Nc1ccccc1F. The molecule has 0 aliphatic heterocycles. The number of nitrogens with zero attached hydrogens (tertiary/aromatic N) is 1. The molecule has 0 aliphatic carbocycles. The molecule has 6 nitrogen and oxygen atoms in total. The molecule has 0 aliphatic rings. The molecule has 8 heteroatoms. The summed E-state index contributed by atoms with van der Waals surface area (Å²) < 4.78 is 19.0. The van der Waals surface area contributed by atoms with Gasteiger partial charge >= 0.3 is 0 Å². The van der Waals surface area contributed by atoms with Gasteiger partial charge in [-0.3, -0.25) is 9.59 Å². The summed E-state index contributed by atoms with van der Waals surface area (Å²) in [4.78, 5) is 28.5. The van der Waals surface area contributed by atoms with Crippen LogP contribution in [0.1, 0.15) is 10.4 Å². The molecule has 0 bridgehead atoms. The van der Waals surface area contributed by atoms with Gasteiger partial charge in [-0.05, 0) is 36.4 Å². The molecule has 0 saturated carbocycles. The zero-order valence-electron chi connectivity index (χ0n) is 14.5. The van der Waals surface area contributed by atoms with Crippen LogP contribution < -0.4 is 15.4 Å². The molecule has 0 saturated heterocycles. The number of nitrogens with one attached hydrogen (secondary N) is 2. The molecule has 2 N–H and O–H groups in total. The number of aromatic nitrogens is 1. The Morgan fingerprint density at radius 1 is 1.00 bits per heavy atom. The fourth-order valence-corrected chi connectivity index (χ4v) is 2.42. The van der Waals surface area contributed by atoms with E-state index in [1.807, 2.05) is 0 Å². The Kier molecular flexibility index (Phi) is 6.18. The summed E-state index contributed by atoms with van der Waals surface area (Å²) in [5.74, 6) is -1.04. The van der Waals surface area contributed by atoms with E-state index in [1.54, 1.807) is 42.5 Å². The number of hydrogen-bond donors (Lipinski definition) is 2. The van der Waals surface area contributed by atoms with E-state index in [0.29, 0.717) is 10.8 Å². The lowest BCUT2D eigenvalue weighted by Crippen LogP contribution is -2.22. The molecule has 0 radical (unpaired) electrons. The Hall–Kier alpha value is -3.45. The van der Waals surface area contributed by atoms with Crippen LogP contribution in [0.2, 0.25) is 5.02 Å². The number of carbonyl (C=O) groups is 2. The lowest BCUT2D eigenvalue weighted by atomic mass is 10.2. The second kappa shape index (κ2) is 8.96. The van der Waals surface area contributed by atoms with Crippen molar-refractivity contribution in [2.24, 2.45) is 0 Å². The highest BCUT2D eigenvalue weighted by Crippen LogP contribution is 2.20. The van der Waals surface area contributed by atoms with Crippen LogP contribution in [0.5, 0.6) is 5.75 Å². The quantitative estimate of drug-likeness (QED) is 0.652. The van der Waals surface area contributed by atoms with Gasteiger partial charge in [0.25, 0.3) is 11.8 Å². The molecule has 2 amide bonds. The molecule has 2 aromatic carbocycles. The first-order chi connectivity index (χ1) is 13.5. The standard InChI is InChI=1S/C20H15ClFN3O3/c21-13-9-10-18(23-11-13)25-20(27)14-5-1-4-8-17(14)28-12-19(26)24-16-7-3-2-6-15(16)22/h1-11H,12H2,(H,24,26)(H,23,25,27). The minimum absolute atomic E-state index is 0.0518. The average Bonchev–Trinajstić information content (AvgIpc) is 2.70. The topological polar surface area (TPSA) is 80.3 Å². The van der Waals surface area contributed by atoms with Gasteiger partial charge < -0.3 is 15.4 Å². The number of carbonyl (C=O) groups excluding carboxylic acids is 2. The van der Waals surface area contributed by atoms with E-state index in [0.717, 1.165) is 0 Å². The van der Waals surface area contributed by atoms with Crippen LogP contribution in [0.4, 0.5) is 15.9 Å². The van der Waals surface area contributed by atoms with Crippen molar-refractivity contribution < 1.29 is 18.7 Å². The number of benzene rings is 2. The van der Waals surface area contributed by atoms with E-state index in [1.165, 1.54) is 24.4 Å². The predicted molar refractivity (Wildman–Crippen MR) is 104 cm³/mol. The van der Waals surface area contributed by atoms with Crippen molar-refractivity contribution in [3.05, 3.63) is 83.3 Å². The van der Waals surface area contributed by atoms with Gasteiger partial charge in [-0.15, -0.1) is 0 Å². The van der Waals surface area contributed by atoms with Crippen molar-refractivity contribution in [3.63, 3.8) is 0 Å². The van der Waals surface area contributed by atoms with Crippen molar-refractivity contribution >= 4 is 34.9 Å². The molecule has 0 spiro atoms. The molecular weight excluding hydrogens is 385 g/mol. The van der Waals surface area contributed by atoms with Gasteiger partial charge in [-0.1, -0.05) is 35.9 Å². The maximum atomic E-state index is 13.6. The Morgan fingerprint density at radius 3 is 2.50 bits per heavy atom. The van der Waals surface area contributed by atoms with Crippen LogP contribution in [0.25, 0.3) is 0 Å². The molecule has 0 atom stereocenters. The van der Waals surface area contributed by atoms with E-state index in [-0.39, 0.29) is 17.0 Å². The molecule has 3 rings (SSSR count). The summed E-state index contributed by atoms with van der Waals surface area (Å²) in [5.41, 5.74) is 0.272. The summed E-state index contributed by atoms with van der Waals surface area (Å²) in [6, 6.07) is 15.4. The van der Waals surface area contributed by atoms with Crippen molar-refractivity contribution in [1.29, 1.82) is 0 Å². The smallest absolute Gasteiger partial charge is 0.262 e. The van der Waals surface area contributed by atoms with Gasteiger partial charge in [-0.2, -0.15) is 0 Å². The summed E-state index contributed by atoms with van der Waals surface area (Å²) in [6.07, 6.45) is 1.41. The summed E-state index contributed by atoms with van der Waals surface area (Å²) in [7, 11) is 0. The summed E-state index contributed by atoms with van der Waals surface area (Å²) in [6.45, 7) is -0.391. The molecule has 28 heavy (non-hydrogen) atoms. The fraction of sp³-hybridized carbons (Fsp3) is 0.0500. The van der Waals surface area contributed by atoms with Crippen LogP contribution in [0.3, 0.4) is 0 Å². The highest BCUT2D eigenvalue weighted by molar-refractivity contribution is 6.30. The van der Waals surface area contributed by atoms with Gasteiger partial charge in [-0.25, -0.2) is 9.37 Å². The average molecular weight is 400 g/mol. The number of ether oxygens (including phenoxy) is 1. The van der Waals surface area contributed by atoms with Crippen molar-refractivity contribution in [2.45, 2.75) is 0 Å². The van der Waals surface area contributed by atoms with Gasteiger partial charge in [0.1, 0.15) is 17.4 Å². The minimum atomic E-state index is -0.556. The highest BCUT2D eigenvalue weighted by Gasteiger charge is 2.14. The van der Waals surface area contributed by atoms with Gasteiger partial charge in [0.05, 0.1) is 16.3 Å². The van der Waals surface area contributed by atoms with Crippen LogP contribution in [0, 0.1) is 5.82 Å². The number of hydrogen-bond acceptors (Lipinski definition) is 4. The lowest BCUT2D eigenvalue weighted by Gasteiger charge is -2.12. The Balaban J connectivity index is 1.65. The van der Waals surface area contributed by atoms with Gasteiger partial charge in [0.2, 0.25) is 0 Å². The Bertz CT molecular complexity index is 996. The third-order valence-corrected chi connectivity index (χ3v) is 3.83. The second-order valence-corrected chi connectivity index (χ2v) is 6.07. The molecular formula is C20H15ClFN3O3. The van der Waals surface area contributed by atoms with Crippen LogP contribution in [-0.4, -0.2) is 23.4 Å². The number of halogens is 2. The number of amides is 2. The summed E-state index contributed by atoms with van der Waals surface area (Å²) in [5, 5.41) is 5.48. The summed E-state index contributed by atoms with van der Waals surface area (Å²) >= 11 is 5.77. The first-order valence-corrected chi connectivity index (χ1v) is 8.60. The van der Waals surface area contributed by atoms with E-state index >= 15 is 0 Å². The molecule has 3 aromatic rings. The van der Waals surface area contributed by atoms with E-state index < -0.39 is 24.2 Å². The predicted octanol–water partition coefficient (Wildman–Crippen LogP) is 4.14. The van der Waals surface area contributed by atoms with Crippen molar-refractivity contribution in [1.82, 2.24) is 4.98 Å². The molecule has 1 heterocycles. The van der Waals surface area contributed by atoms with Crippen LogP contribution >= 0.6 is 11.6 Å². The van der Waals surface area contributed by atoms with Crippen molar-refractivity contribution in [3.8, 4) is 5.75 Å². The third kappa shape index (κ3) is 5.05. The number of rotatable bonds is 6. The maximum Gasteiger partial charge on any atom is 0.262 e. The zero-order valence-corrected chi connectivity index (χ0v) is 15.2. The third-order valence-electron chi connectivity index (χ3n) is 3.61. The lowest BCUT2D eigenvalue weighted by molar-refractivity contribution is -0.118. The van der Waals surface area contributed by atoms with Crippen LogP contribution in [-0.2, 0) is 4.79 Å². The maximum absolute atomic E-state index is 13.6. The van der Waals surface area contributed by atoms with E-state index in [9.17, 15) is 14.0 Å². The van der Waals surface area contributed by atoms with E-state index in [2.05, 4.69) is 15.6 Å². The van der Waals surface area contributed by atoms with Gasteiger partial charge in [0.15, 0.2) is 6.61 Å². The normalized spacial score (nSPS) is 10.2. The highest BCUT2D eigenvalue weighted by atomic mass is 35.5. The minimum Gasteiger partial charge on any atom is -0.483 e.